The Kier molecular flexibility index (Phi) is 4.24. The number of halogens is 3. The highest BCUT2D eigenvalue weighted by Crippen LogP contribution is 2.42. The lowest BCUT2D eigenvalue weighted by atomic mass is 10.2. The van der Waals surface area contributed by atoms with E-state index in [-0.39, 0.29) is 16.1 Å². The Morgan fingerprint density at radius 1 is 1.47 bits per heavy atom. The summed E-state index contributed by atoms with van der Waals surface area (Å²) in [5.74, 6) is 4.24. The van der Waals surface area contributed by atoms with Crippen LogP contribution in [0.15, 0.2) is 23.1 Å². The molecule has 0 spiro atoms. The van der Waals surface area contributed by atoms with E-state index >= 15 is 0 Å². The minimum Gasteiger partial charge on any atom is -0.465 e. The number of hydrazine groups is 1. The van der Waals surface area contributed by atoms with Crippen molar-refractivity contribution in [2.24, 2.45) is 5.84 Å². The number of benzene rings is 1. The number of nitrogen functional groups attached to an aromatic ring is 1. The number of nitrogens with two attached hydrogens (primary N) is 1. The normalized spacial score (nSPS) is 11.1. The van der Waals surface area contributed by atoms with Crippen LogP contribution in [0.2, 0.25) is 0 Å². The summed E-state index contributed by atoms with van der Waals surface area (Å²) in [6, 6.07) is 3.98. The van der Waals surface area contributed by atoms with E-state index < -0.39 is 23.2 Å². The van der Waals surface area contributed by atoms with Gasteiger partial charge in [-0.2, -0.15) is 13.2 Å². The summed E-state index contributed by atoms with van der Waals surface area (Å²) in [4.78, 5) is 11.0. The number of hydrogen-bond acceptors (Lipinski definition) is 5. The highest BCUT2D eigenvalue weighted by molar-refractivity contribution is 8.00. The van der Waals surface area contributed by atoms with E-state index in [9.17, 15) is 18.0 Å². The first-order valence-electron chi connectivity index (χ1n) is 4.32. The Labute approximate surface area is 99.3 Å². The number of thioether (sulfide) groups is 1. The summed E-state index contributed by atoms with van der Waals surface area (Å²) in [6.07, 6.45) is 0. The predicted octanol–water partition coefficient (Wildman–Crippen LogP) is 2.37. The third kappa shape index (κ3) is 3.53. The van der Waals surface area contributed by atoms with Gasteiger partial charge in [0, 0.05) is 0 Å². The van der Waals surface area contributed by atoms with Gasteiger partial charge in [0.2, 0.25) is 0 Å². The number of anilines is 1. The van der Waals surface area contributed by atoms with Gasteiger partial charge in [-0.1, -0.05) is 6.07 Å². The molecule has 0 bridgehead atoms. The van der Waals surface area contributed by atoms with Gasteiger partial charge in [-0.15, -0.1) is 0 Å². The van der Waals surface area contributed by atoms with Crippen molar-refractivity contribution in [2.45, 2.75) is 10.4 Å². The number of nitrogens with one attached hydrogen (secondary N) is 1. The van der Waals surface area contributed by atoms with E-state index in [0.717, 1.165) is 7.11 Å². The molecule has 0 fully saturated rings. The minimum absolute atomic E-state index is 0.00947. The molecule has 0 atom stereocenters. The Hall–Kier alpha value is -1.41. The molecule has 17 heavy (non-hydrogen) atoms. The van der Waals surface area contributed by atoms with Gasteiger partial charge in [0.15, 0.2) is 0 Å². The van der Waals surface area contributed by atoms with Crippen molar-refractivity contribution in [3.05, 3.63) is 23.8 Å². The quantitative estimate of drug-likeness (QED) is 0.380. The van der Waals surface area contributed by atoms with Crippen molar-refractivity contribution in [2.75, 3.05) is 12.5 Å². The van der Waals surface area contributed by atoms with Crippen LogP contribution < -0.4 is 11.3 Å². The molecule has 0 aliphatic heterocycles. The number of esters is 1. The minimum atomic E-state index is -4.52. The van der Waals surface area contributed by atoms with Crippen molar-refractivity contribution < 1.29 is 22.7 Å². The molecule has 0 saturated carbocycles. The van der Waals surface area contributed by atoms with Crippen LogP contribution in [-0.2, 0) is 4.74 Å². The van der Waals surface area contributed by atoms with Crippen LogP contribution in [0.25, 0.3) is 0 Å². The van der Waals surface area contributed by atoms with Gasteiger partial charge in [0.25, 0.3) is 0 Å². The molecule has 0 aromatic heterocycles. The number of ether oxygens (including phenoxy) is 1. The van der Waals surface area contributed by atoms with Gasteiger partial charge in [-0.05, 0) is 23.9 Å². The van der Waals surface area contributed by atoms with Gasteiger partial charge in [0.05, 0.1) is 23.3 Å². The zero-order chi connectivity index (χ0) is 13.1. The second kappa shape index (κ2) is 5.28. The summed E-state index contributed by atoms with van der Waals surface area (Å²) < 4.78 is 41.4. The van der Waals surface area contributed by atoms with E-state index in [0.29, 0.717) is 0 Å². The number of alkyl halides is 3. The number of hydrogen-bond donors (Lipinski definition) is 2. The Bertz CT molecular complexity index is 423. The zero-order valence-electron chi connectivity index (χ0n) is 8.67. The van der Waals surface area contributed by atoms with E-state index in [1.807, 2.05) is 0 Å². The van der Waals surface area contributed by atoms with Gasteiger partial charge in [-0.3, -0.25) is 5.84 Å². The smallest absolute Gasteiger partial charge is 0.446 e. The first-order valence-corrected chi connectivity index (χ1v) is 5.14. The van der Waals surface area contributed by atoms with Crippen LogP contribution in [0.1, 0.15) is 10.4 Å². The second-order valence-corrected chi connectivity index (χ2v) is 3.94. The molecule has 0 unspecified atom stereocenters. The Morgan fingerprint density at radius 3 is 2.59 bits per heavy atom. The van der Waals surface area contributed by atoms with Crippen molar-refractivity contribution in [1.29, 1.82) is 0 Å². The molecule has 0 amide bonds. The fourth-order valence-corrected chi connectivity index (χ4v) is 1.88. The van der Waals surface area contributed by atoms with Crippen molar-refractivity contribution >= 4 is 23.4 Å². The van der Waals surface area contributed by atoms with E-state index in [2.05, 4.69) is 10.2 Å². The number of methoxy groups -OCH3 is 1. The highest BCUT2D eigenvalue weighted by Gasteiger charge is 2.33. The lowest BCUT2D eigenvalue weighted by molar-refractivity contribution is -0.0328. The first-order chi connectivity index (χ1) is 7.89. The summed E-state index contributed by atoms with van der Waals surface area (Å²) in [5.41, 5.74) is -2.59. The molecule has 0 aliphatic carbocycles. The number of carbonyl (C=O) groups is 1. The largest absolute Gasteiger partial charge is 0.465 e. The van der Waals surface area contributed by atoms with Crippen LogP contribution >= 0.6 is 11.8 Å². The summed E-state index contributed by atoms with van der Waals surface area (Å²) in [5, 5.41) is 0. The van der Waals surface area contributed by atoms with E-state index in [1.54, 1.807) is 0 Å². The molecule has 1 aromatic carbocycles. The molecule has 0 heterocycles. The van der Waals surface area contributed by atoms with Crippen molar-refractivity contribution in [3.8, 4) is 0 Å². The molecule has 0 saturated heterocycles. The third-order valence-electron chi connectivity index (χ3n) is 1.79. The standard InChI is InChI=1S/C9H9F3N2O2S/c1-16-8(15)5-3-2-4-6(14-13)7(5)17-9(10,11)12/h2-4,14H,13H2,1H3. The summed E-state index contributed by atoms with van der Waals surface area (Å²) >= 11 is -0.421. The summed E-state index contributed by atoms with van der Waals surface area (Å²) in [7, 11) is 1.09. The number of rotatable bonds is 3. The van der Waals surface area contributed by atoms with Crippen LogP contribution in [0.4, 0.5) is 18.9 Å². The van der Waals surface area contributed by atoms with Gasteiger partial charge < -0.3 is 10.2 Å². The molecular weight excluding hydrogens is 257 g/mol. The molecule has 1 rings (SSSR count). The highest BCUT2D eigenvalue weighted by atomic mass is 32.2. The van der Waals surface area contributed by atoms with Crippen LogP contribution in [0, 0.1) is 0 Å². The third-order valence-corrected chi connectivity index (χ3v) is 2.67. The van der Waals surface area contributed by atoms with Crippen LogP contribution in [0.3, 0.4) is 0 Å². The molecule has 94 valence electrons. The van der Waals surface area contributed by atoms with Gasteiger partial charge in [0.1, 0.15) is 0 Å². The first kappa shape index (κ1) is 13.7. The maximum atomic E-state index is 12.3. The fourth-order valence-electron chi connectivity index (χ4n) is 1.15. The maximum Gasteiger partial charge on any atom is 0.446 e. The molecule has 3 N–H and O–H groups in total. The van der Waals surface area contributed by atoms with Crippen LogP contribution in [0.5, 0.6) is 0 Å². The average Bonchev–Trinajstić information content (AvgIpc) is 2.26. The van der Waals surface area contributed by atoms with E-state index in [4.69, 9.17) is 5.84 Å². The molecular formula is C9H9F3N2O2S. The topological polar surface area (TPSA) is 64.3 Å². The van der Waals surface area contributed by atoms with Gasteiger partial charge >= 0.3 is 11.5 Å². The lowest BCUT2D eigenvalue weighted by Crippen LogP contribution is -2.13. The van der Waals surface area contributed by atoms with E-state index in [1.165, 1.54) is 18.2 Å². The van der Waals surface area contributed by atoms with Crippen LogP contribution in [-0.4, -0.2) is 18.6 Å². The summed E-state index contributed by atoms with van der Waals surface area (Å²) in [6.45, 7) is 0. The van der Waals surface area contributed by atoms with Crippen molar-refractivity contribution in [1.82, 2.24) is 0 Å². The molecule has 1 aromatic rings. The van der Waals surface area contributed by atoms with Gasteiger partial charge in [-0.25, -0.2) is 4.79 Å². The zero-order valence-corrected chi connectivity index (χ0v) is 9.48. The Balaban J connectivity index is 3.25. The number of carbonyl (C=O) groups excluding carboxylic acids is 1. The SMILES string of the molecule is COC(=O)c1cccc(NN)c1SC(F)(F)F. The predicted molar refractivity (Wildman–Crippen MR) is 57.5 cm³/mol. The Morgan fingerprint density at radius 2 is 2.12 bits per heavy atom. The second-order valence-electron chi connectivity index (χ2n) is 2.87. The lowest BCUT2D eigenvalue weighted by Gasteiger charge is -2.13. The molecule has 0 aliphatic rings. The molecule has 4 nitrogen and oxygen atoms in total. The monoisotopic (exact) mass is 266 g/mol. The molecule has 0 radical (unpaired) electrons. The maximum absolute atomic E-state index is 12.3. The fraction of sp³-hybridized carbons (Fsp3) is 0.222. The molecule has 8 heteroatoms. The van der Waals surface area contributed by atoms with Crippen molar-refractivity contribution in [3.63, 3.8) is 0 Å². The average molecular weight is 266 g/mol.